The van der Waals surface area contributed by atoms with E-state index in [9.17, 15) is 13.2 Å². The number of hydrogen-bond acceptors (Lipinski definition) is 7. The van der Waals surface area contributed by atoms with Crippen LogP contribution in [0.5, 0.6) is 5.75 Å². The molecule has 1 aliphatic rings. The molecule has 1 aromatic heterocycles. The van der Waals surface area contributed by atoms with Gasteiger partial charge in [0.25, 0.3) is 5.91 Å². The Morgan fingerprint density at radius 1 is 1.23 bits per heavy atom. The summed E-state index contributed by atoms with van der Waals surface area (Å²) in [7, 11) is -1.37. The van der Waals surface area contributed by atoms with Gasteiger partial charge in [-0.25, -0.2) is 18.4 Å². The van der Waals surface area contributed by atoms with Gasteiger partial charge in [-0.05, 0) is 24.1 Å². The highest BCUT2D eigenvalue weighted by molar-refractivity contribution is 7.91. The van der Waals surface area contributed by atoms with Crippen LogP contribution in [0.25, 0.3) is 0 Å². The summed E-state index contributed by atoms with van der Waals surface area (Å²) in [6, 6.07) is 7.22. The SMILES string of the molecule is COc1ccc(CNC(=O)c2cnc(NC3CCS(=O)(=O)C3)nc2)cc1. The molecule has 0 radical (unpaired) electrons. The number of benzene rings is 1. The number of carbonyl (C=O) groups excluding carboxylic acids is 1. The Morgan fingerprint density at radius 3 is 2.50 bits per heavy atom. The zero-order chi connectivity index (χ0) is 18.6. The molecule has 26 heavy (non-hydrogen) atoms. The lowest BCUT2D eigenvalue weighted by molar-refractivity contribution is 0.0950. The molecule has 2 heterocycles. The molecule has 1 saturated heterocycles. The van der Waals surface area contributed by atoms with Crippen molar-refractivity contribution in [3.63, 3.8) is 0 Å². The third-order valence-corrected chi connectivity index (χ3v) is 5.86. The number of methoxy groups -OCH3 is 1. The van der Waals surface area contributed by atoms with Gasteiger partial charge in [0.2, 0.25) is 5.95 Å². The van der Waals surface area contributed by atoms with Crippen molar-refractivity contribution >= 4 is 21.7 Å². The molecular formula is C17H20N4O4S. The van der Waals surface area contributed by atoms with Gasteiger partial charge in [-0.1, -0.05) is 12.1 Å². The highest BCUT2D eigenvalue weighted by Crippen LogP contribution is 2.15. The molecule has 0 saturated carbocycles. The quantitative estimate of drug-likeness (QED) is 0.774. The van der Waals surface area contributed by atoms with Gasteiger partial charge in [-0.3, -0.25) is 4.79 Å². The van der Waals surface area contributed by atoms with Crippen molar-refractivity contribution in [3.8, 4) is 5.75 Å². The van der Waals surface area contributed by atoms with Crippen LogP contribution in [0.2, 0.25) is 0 Å². The number of hydrogen-bond donors (Lipinski definition) is 2. The number of rotatable bonds is 6. The van der Waals surface area contributed by atoms with E-state index in [-0.39, 0.29) is 23.5 Å². The second kappa shape index (κ2) is 7.69. The molecule has 1 atom stereocenters. The average Bonchev–Trinajstić information content (AvgIpc) is 2.99. The zero-order valence-corrected chi connectivity index (χ0v) is 15.1. The number of carbonyl (C=O) groups is 1. The molecule has 9 heteroatoms. The third-order valence-electron chi connectivity index (χ3n) is 4.09. The first-order valence-electron chi connectivity index (χ1n) is 8.15. The number of aromatic nitrogens is 2. The van der Waals surface area contributed by atoms with Crippen LogP contribution in [0, 0.1) is 0 Å². The maximum Gasteiger partial charge on any atom is 0.254 e. The Balaban J connectivity index is 1.53. The van der Waals surface area contributed by atoms with Crippen molar-refractivity contribution in [2.45, 2.75) is 19.0 Å². The number of anilines is 1. The Kier molecular flexibility index (Phi) is 5.36. The molecule has 3 rings (SSSR count). The number of ether oxygens (including phenoxy) is 1. The van der Waals surface area contributed by atoms with Crippen LogP contribution in [0.4, 0.5) is 5.95 Å². The van der Waals surface area contributed by atoms with Crippen LogP contribution in [-0.2, 0) is 16.4 Å². The van der Waals surface area contributed by atoms with Crippen LogP contribution in [0.15, 0.2) is 36.7 Å². The van der Waals surface area contributed by atoms with E-state index >= 15 is 0 Å². The highest BCUT2D eigenvalue weighted by Gasteiger charge is 2.28. The van der Waals surface area contributed by atoms with Crippen LogP contribution < -0.4 is 15.4 Å². The molecule has 138 valence electrons. The summed E-state index contributed by atoms with van der Waals surface area (Å²) in [5.74, 6) is 1.05. The summed E-state index contributed by atoms with van der Waals surface area (Å²) < 4.78 is 28.0. The second-order valence-corrected chi connectivity index (χ2v) is 8.30. The number of nitrogens with zero attached hydrogens (tertiary/aromatic N) is 2. The number of nitrogens with one attached hydrogen (secondary N) is 2. The second-order valence-electron chi connectivity index (χ2n) is 6.07. The largest absolute Gasteiger partial charge is 0.497 e. The van der Waals surface area contributed by atoms with E-state index in [1.54, 1.807) is 7.11 Å². The van der Waals surface area contributed by atoms with Crippen molar-refractivity contribution < 1.29 is 17.9 Å². The highest BCUT2D eigenvalue weighted by atomic mass is 32.2. The summed E-state index contributed by atoms with van der Waals surface area (Å²) >= 11 is 0. The monoisotopic (exact) mass is 376 g/mol. The molecule has 1 aliphatic heterocycles. The first kappa shape index (κ1) is 18.1. The van der Waals surface area contributed by atoms with Crippen molar-refractivity contribution in [1.82, 2.24) is 15.3 Å². The van der Waals surface area contributed by atoms with E-state index in [0.29, 0.717) is 24.5 Å². The molecule has 1 unspecified atom stereocenters. The van der Waals surface area contributed by atoms with Gasteiger partial charge in [0.15, 0.2) is 9.84 Å². The van der Waals surface area contributed by atoms with Gasteiger partial charge in [0, 0.05) is 25.0 Å². The van der Waals surface area contributed by atoms with E-state index in [0.717, 1.165) is 11.3 Å². The maximum atomic E-state index is 12.2. The lowest BCUT2D eigenvalue weighted by Gasteiger charge is -2.10. The molecule has 1 aromatic carbocycles. The minimum Gasteiger partial charge on any atom is -0.497 e. The summed E-state index contributed by atoms with van der Waals surface area (Å²) in [5.41, 5.74) is 1.28. The smallest absolute Gasteiger partial charge is 0.254 e. The van der Waals surface area contributed by atoms with E-state index in [2.05, 4.69) is 20.6 Å². The first-order chi connectivity index (χ1) is 12.4. The lowest BCUT2D eigenvalue weighted by atomic mass is 10.2. The fourth-order valence-corrected chi connectivity index (χ4v) is 4.31. The van der Waals surface area contributed by atoms with E-state index in [4.69, 9.17) is 4.74 Å². The van der Waals surface area contributed by atoms with Gasteiger partial charge in [0.1, 0.15) is 5.75 Å². The summed E-state index contributed by atoms with van der Waals surface area (Å²) in [6.07, 6.45) is 3.38. The molecular weight excluding hydrogens is 356 g/mol. The van der Waals surface area contributed by atoms with E-state index in [1.165, 1.54) is 12.4 Å². The van der Waals surface area contributed by atoms with Gasteiger partial charge in [-0.15, -0.1) is 0 Å². The van der Waals surface area contributed by atoms with Crippen molar-refractivity contribution in [3.05, 3.63) is 47.8 Å². The number of amides is 1. The van der Waals surface area contributed by atoms with Crippen LogP contribution >= 0.6 is 0 Å². The summed E-state index contributed by atoms with van der Waals surface area (Å²) in [6.45, 7) is 0.378. The fraction of sp³-hybridized carbons (Fsp3) is 0.353. The molecule has 1 amide bonds. The zero-order valence-electron chi connectivity index (χ0n) is 14.3. The fourth-order valence-electron chi connectivity index (χ4n) is 2.64. The van der Waals surface area contributed by atoms with Crippen molar-refractivity contribution in [1.29, 1.82) is 0 Å². The first-order valence-corrected chi connectivity index (χ1v) is 9.97. The van der Waals surface area contributed by atoms with Crippen LogP contribution in [0.1, 0.15) is 22.3 Å². The maximum absolute atomic E-state index is 12.2. The molecule has 0 bridgehead atoms. The number of sulfone groups is 1. The van der Waals surface area contributed by atoms with Crippen molar-refractivity contribution in [2.75, 3.05) is 23.9 Å². The summed E-state index contributed by atoms with van der Waals surface area (Å²) in [5, 5.41) is 5.78. The minimum atomic E-state index is -2.97. The van der Waals surface area contributed by atoms with Crippen molar-refractivity contribution in [2.24, 2.45) is 0 Å². The van der Waals surface area contributed by atoms with E-state index in [1.807, 2.05) is 24.3 Å². The molecule has 8 nitrogen and oxygen atoms in total. The standard InChI is InChI=1S/C17H20N4O4S/c1-25-15-4-2-12(3-5-15)8-18-16(22)13-9-19-17(20-10-13)21-14-6-7-26(23,24)11-14/h2-5,9-10,14H,6-8,11H2,1H3,(H,18,22)(H,19,20,21). The molecule has 2 N–H and O–H groups in total. The Labute approximate surface area is 151 Å². The van der Waals surface area contributed by atoms with Crippen LogP contribution in [0.3, 0.4) is 0 Å². The predicted molar refractivity (Wildman–Crippen MR) is 96.9 cm³/mol. The summed E-state index contributed by atoms with van der Waals surface area (Å²) in [4.78, 5) is 20.4. The van der Waals surface area contributed by atoms with Gasteiger partial charge in [-0.2, -0.15) is 0 Å². The normalized spacial score (nSPS) is 18.3. The Morgan fingerprint density at radius 2 is 1.92 bits per heavy atom. The Hall–Kier alpha value is -2.68. The Bertz CT molecular complexity index is 867. The van der Waals surface area contributed by atoms with Gasteiger partial charge < -0.3 is 15.4 Å². The van der Waals surface area contributed by atoms with E-state index < -0.39 is 9.84 Å². The lowest BCUT2D eigenvalue weighted by Crippen LogP contribution is -2.24. The predicted octanol–water partition coefficient (Wildman–Crippen LogP) is 1.01. The molecule has 2 aromatic rings. The van der Waals surface area contributed by atoms with Gasteiger partial charge >= 0.3 is 0 Å². The minimum absolute atomic E-state index is 0.0838. The average molecular weight is 376 g/mol. The topological polar surface area (TPSA) is 110 Å². The van der Waals surface area contributed by atoms with Crippen LogP contribution in [-0.4, -0.2) is 49.0 Å². The molecule has 0 aliphatic carbocycles. The molecule has 0 spiro atoms. The molecule has 1 fully saturated rings. The third kappa shape index (κ3) is 4.69. The van der Waals surface area contributed by atoms with Gasteiger partial charge in [0.05, 0.1) is 24.2 Å².